The fraction of sp³-hybridized carbons (Fsp3) is 0.500. The van der Waals surface area contributed by atoms with Crippen molar-refractivity contribution < 1.29 is 13.2 Å². The number of carbonyl (C=O) groups is 1. The van der Waals surface area contributed by atoms with Crippen molar-refractivity contribution in [3.05, 3.63) is 28.8 Å². The minimum absolute atomic E-state index is 0.197. The number of thioether (sulfide) groups is 1. The monoisotopic (exact) mass is 362 g/mol. The first-order valence-corrected chi connectivity index (χ1v) is 10.4. The molecule has 0 radical (unpaired) electrons. The number of hydrogen-bond donors (Lipinski definition) is 1. The van der Waals surface area contributed by atoms with Crippen LogP contribution in [0.15, 0.2) is 23.1 Å². The summed E-state index contributed by atoms with van der Waals surface area (Å²) < 4.78 is 22.7. The molecule has 122 valence electrons. The zero-order chi connectivity index (χ0) is 16.2. The second-order valence-corrected chi connectivity index (χ2v) is 8.69. The maximum Gasteiger partial charge on any atom is 0.252 e. The van der Waals surface area contributed by atoms with Crippen LogP contribution in [0.2, 0.25) is 5.02 Å². The second-order valence-electron chi connectivity index (χ2n) is 5.10. The number of benzene rings is 1. The summed E-state index contributed by atoms with van der Waals surface area (Å²) in [7, 11) is -2.86. The molecule has 0 spiro atoms. The first kappa shape index (κ1) is 17.6. The van der Waals surface area contributed by atoms with Crippen LogP contribution in [0.1, 0.15) is 10.4 Å². The number of carbonyl (C=O) groups excluding carboxylic acids is 1. The molecule has 0 atom stereocenters. The molecule has 2 rings (SSSR count). The van der Waals surface area contributed by atoms with E-state index in [-0.39, 0.29) is 17.4 Å². The maximum atomic E-state index is 12.2. The highest BCUT2D eigenvalue weighted by Crippen LogP contribution is 2.22. The van der Waals surface area contributed by atoms with Gasteiger partial charge in [0.05, 0.1) is 22.1 Å². The number of amides is 1. The van der Waals surface area contributed by atoms with Crippen molar-refractivity contribution >= 4 is 39.1 Å². The minimum atomic E-state index is -2.86. The minimum Gasteiger partial charge on any atom is -0.351 e. The Morgan fingerprint density at radius 2 is 2.05 bits per heavy atom. The summed E-state index contributed by atoms with van der Waals surface area (Å²) in [6, 6.07) is 5.37. The van der Waals surface area contributed by atoms with Crippen LogP contribution in [-0.4, -0.2) is 63.2 Å². The molecule has 1 aliphatic rings. The predicted molar refractivity (Wildman–Crippen MR) is 90.7 cm³/mol. The average molecular weight is 363 g/mol. The van der Waals surface area contributed by atoms with Crippen LogP contribution in [0.5, 0.6) is 0 Å². The number of sulfone groups is 1. The molecule has 1 aliphatic heterocycles. The molecule has 1 N–H and O–H groups in total. The standard InChI is InChI=1S/C14H19ClN2O3S2/c1-21-11-2-3-13(15)12(10-11)14(18)16-4-5-17-6-8-22(19,20)9-7-17/h2-3,10H,4-9H2,1H3,(H,16,18). The second kappa shape index (κ2) is 7.68. The van der Waals surface area contributed by atoms with Gasteiger partial charge in [0.1, 0.15) is 0 Å². The van der Waals surface area contributed by atoms with Gasteiger partial charge in [0.25, 0.3) is 5.91 Å². The van der Waals surface area contributed by atoms with Gasteiger partial charge in [0.2, 0.25) is 0 Å². The maximum absolute atomic E-state index is 12.2. The smallest absolute Gasteiger partial charge is 0.252 e. The lowest BCUT2D eigenvalue weighted by molar-refractivity contribution is 0.0948. The summed E-state index contributed by atoms with van der Waals surface area (Å²) in [6.07, 6.45) is 1.94. The normalized spacial score (nSPS) is 18.1. The molecule has 8 heteroatoms. The van der Waals surface area contributed by atoms with E-state index in [2.05, 4.69) is 5.32 Å². The number of nitrogens with zero attached hydrogens (tertiary/aromatic N) is 1. The third-order valence-electron chi connectivity index (χ3n) is 3.57. The fourth-order valence-corrected chi connectivity index (χ4v) is 4.12. The highest BCUT2D eigenvalue weighted by atomic mass is 35.5. The van der Waals surface area contributed by atoms with E-state index in [4.69, 9.17) is 11.6 Å². The highest BCUT2D eigenvalue weighted by molar-refractivity contribution is 7.98. The molecule has 1 aromatic rings. The Labute approximate surface area is 140 Å². The van der Waals surface area contributed by atoms with Gasteiger partial charge in [-0.2, -0.15) is 0 Å². The summed E-state index contributed by atoms with van der Waals surface area (Å²) in [5.74, 6) is 0.191. The third-order valence-corrected chi connectivity index (χ3v) is 6.23. The van der Waals surface area contributed by atoms with Crippen LogP contribution in [0, 0.1) is 0 Å². The van der Waals surface area contributed by atoms with Crippen LogP contribution >= 0.6 is 23.4 Å². The largest absolute Gasteiger partial charge is 0.351 e. The summed E-state index contributed by atoms with van der Waals surface area (Å²) in [5, 5.41) is 3.27. The van der Waals surface area contributed by atoms with Crippen LogP contribution in [0.4, 0.5) is 0 Å². The molecule has 0 unspecified atom stereocenters. The molecule has 0 aromatic heterocycles. The fourth-order valence-electron chi connectivity index (χ4n) is 2.20. The molecular weight excluding hydrogens is 344 g/mol. The molecule has 1 saturated heterocycles. The van der Waals surface area contributed by atoms with E-state index in [0.717, 1.165) is 4.90 Å². The van der Waals surface area contributed by atoms with Gasteiger partial charge in [-0.1, -0.05) is 11.6 Å². The topological polar surface area (TPSA) is 66.5 Å². The van der Waals surface area contributed by atoms with Gasteiger partial charge < -0.3 is 5.32 Å². The molecule has 1 fully saturated rings. The Morgan fingerprint density at radius 3 is 2.68 bits per heavy atom. The lowest BCUT2D eigenvalue weighted by Gasteiger charge is -2.26. The summed E-state index contributed by atoms with van der Waals surface area (Å²) in [6.45, 7) is 2.17. The lowest BCUT2D eigenvalue weighted by atomic mass is 10.2. The lowest BCUT2D eigenvalue weighted by Crippen LogP contribution is -2.43. The summed E-state index contributed by atoms with van der Waals surface area (Å²) >= 11 is 7.61. The van der Waals surface area contributed by atoms with Crippen molar-refractivity contribution in [1.29, 1.82) is 0 Å². The van der Waals surface area contributed by atoms with Crippen molar-refractivity contribution in [2.45, 2.75) is 4.90 Å². The van der Waals surface area contributed by atoms with E-state index in [1.165, 1.54) is 0 Å². The predicted octanol–water partition coefficient (Wildman–Crippen LogP) is 1.52. The van der Waals surface area contributed by atoms with E-state index >= 15 is 0 Å². The number of halogens is 1. The molecule has 22 heavy (non-hydrogen) atoms. The van der Waals surface area contributed by atoms with Crippen LogP contribution < -0.4 is 5.32 Å². The summed E-state index contributed by atoms with van der Waals surface area (Å²) in [5.41, 5.74) is 0.467. The molecule has 0 aliphatic carbocycles. The van der Waals surface area contributed by atoms with Crippen molar-refractivity contribution in [2.75, 3.05) is 43.9 Å². The number of hydrogen-bond acceptors (Lipinski definition) is 5. The van der Waals surface area contributed by atoms with E-state index in [0.29, 0.717) is 36.8 Å². The Morgan fingerprint density at radius 1 is 1.36 bits per heavy atom. The van der Waals surface area contributed by atoms with E-state index < -0.39 is 9.84 Å². The van der Waals surface area contributed by atoms with Gasteiger partial charge in [-0.25, -0.2) is 8.42 Å². The SMILES string of the molecule is CSc1ccc(Cl)c(C(=O)NCCN2CCS(=O)(=O)CC2)c1. The Kier molecular flexibility index (Phi) is 6.14. The molecule has 1 heterocycles. The third kappa shape index (κ3) is 4.87. The molecule has 5 nitrogen and oxygen atoms in total. The van der Waals surface area contributed by atoms with Gasteiger partial charge in [-0.05, 0) is 24.5 Å². The van der Waals surface area contributed by atoms with Crippen LogP contribution in [0.25, 0.3) is 0 Å². The van der Waals surface area contributed by atoms with Crippen molar-refractivity contribution in [2.24, 2.45) is 0 Å². The van der Waals surface area contributed by atoms with Gasteiger partial charge >= 0.3 is 0 Å². The van der Waals surface area contributed by atoms with Crippen LogP contribution in [0.3, 0.4) is 0 Å². The molecule has 1 amide bonds. The Hall–Kier alpha value is -0.760. The molecule has 1 aromatic carbocycles. The van der Waals surface area contributed by atoms with Gasteiger partial charge in [-0.15, -0.1) is 11.8 Å². The van der Waals surface area contributed by atoms with Gasteiger partial charge in [0, 0.05) is 31.1 Å². The van der Waals surface area contributed by atoms with E-state index in [9.17, 15) is 13.2 Å². The first-order valence-electron chi connectivity index (χ1n) is 6.96. The molecular formula is C14H19ClN2O3S2. The zero-order valence-corrected chi connectivity index (χ0v) is 14.7. The zero-order valence-electron chi connectivity index (χ0n) is 12.3. The average Bonchev–Trinajstić information content (AvgIpc) is 2.49. The first-order chi connectivity index (χ1) is 10.4. The molecule has 0 bridgehead atoms. The van der Waals surface area contributed by atoms with E-state index in [1.807, 2.05) is 17.2 Å². The van der Waals surface area contributed by atoms with Crippen LogP contribution in [-0.2, 0) is 9.84 Å². The molecule has 0 saturated carbocycles. The van der Waals surface area contributed by atoms with Gasteiger partial charge in [-0.3, -0.25) is 9.69 Å². The van der Waals surface area contributed by atoms with Crippen molar-refractivity contribution in [3.8, 4) is 0 Å². The van der Waals surface area contributed by atoms with Gasteiger partial charge in [0.15, 0.2) is 9.84 Å². The van der Waals surface area contributed by atoms with Crippen molar-refractivity contribution in [3.63, 3.8) is 0 Å². The Bertz CT molecular complexity index is 635. The quantitative estimate of drug-likeness (QED) is 0.804. The highest BCUT2D eigenvalue weighted by Gasteiger charge is 2.21. The van der Waals surface area contributed by atoms with E-state index in [1.54, 1.807) is 23.9 Å². The number of rotatable bonds is 5. The number of nitrogens with one attached hydrogen (secondary N) is 1. The summed E-state index contributed by atoms with van der Waals surface area (Å²) in [4.78, 5) is 15.2. The Balaban J connectivity index is 1.83. The van der Waals surface area contributed by atoms with Crippen molar-refractivity contribution in [1.82, 2.24) is 10.2 Å².